The van der Waals surface area contributed by atoms with E-state index in [1.165, 1.54) is 6.92 Å². The summed E-state index contributed by atoms with van der Waals surface area (Å²) in [5.74, 6) is -2.29. The van der Waals surface area contributed by atoms with Crippen LogP contribution >= 0.6 is 0 Å². The number of hydrogen-bond acceptors (Lipinski definition) is 5. The zero-order valence-electron chi connectivity index (χ0n) is 9.93. The predicted octanol–water partition coefficient (Wildman–Crippen LogP) is -0.754. The number of aliphatic carboxylic acids is 1. The standard InChI is InChI=1S/C10H18N2O5/c1-3-7(5-17-6(2)13)12-8(10(11)16)4-9(14)15/h7-8,12H,3-5H2,1-2H3,(H2,11,16)(H,14,15). The second-order valence-electron chi connectivity index (χ2n) is 3.63. The first-order valence-electron chi connectivity index (χ1n) is 5.27. The number of nitrogens with two attached hydrogens (primary N) is 1. The summed E-state index contributed by atoms with van der Waals surface area (Å²) in [6, 6.07) is -1.26. The van der Waals surface area contributed by atoms with Crippen LogP contribution in [0.3, 0.4) is 0 Å². The molecule has 0 saturated carbocycles. The molecule has 0 spiro atoms. The zero-order valence-corrected chi connectivity index (χ0v) is 9.93. The van der Waals surface area contributed by atoms with Crippen LogP contribution in [0.2, 0.25) is 0 Å². The van der Waals surface area contributed by atoms with Crippen LogP contribution in [0.5, 0.6) is 0 Å². The van der Waals surface area contributed by atoms with Gasteiger partial charge in [0.2, 0.25) is 5.91 Å². The fraction of sp³-hybridized carbons (Fsp3) is 0.700. The Balaban J connectivity index is 4.32. The average molecular weight is 246 g/mol. The second kappa shape index (κ2) is 7.61. The highest BCUT2D eigenvalue weighted by molar-refractivity contribution is 5.84. The van der Waals surface area contributed by atoms with Crippen molar-refractivity contribution in [1.29, 1.82) is 0 Å². The van der Waals surface area contributed by atoms with E-state index in [0.29, 0.717) is 6.42 Å². The zero-order chi connectivity index (χ0) is 13.4. The summed E-state index contributed by atoms with van der Waals surface area (Å²) in [6.07, 6.45) is 0.183. The lowest BCUT2D eigenvalue weighted by Crippen LogP contribution is -2.49. The van der Waals surface area contributed by atoms with Crippen LogP contribution < -0.4 is 11.1 Å². The van der Waals surface area contributed by atoms with Crippen molar-refractivity contribution in [2.75, 3.05) is 6.61 Å². The molecule has 17 heavy (non-hydrogen) atoms. The van der Waals surface area contributed by atoms with Gasteiger partial charge in [-0.05, 0) is 6.42 Å². The molecule has 0 fully saturated rings. The number of amides is 1. The first-order chi connectivity index (χ1) is 7.86. The topological polar surface area (TPSA) is 119 Å². The number of nitrogens with one attached hydrogen (secondary N) is 1. The van der Waals surface area contributed by atoms with E-state index in [-0.39, 0.29) is 12.6 Å². The van der Waals surface area contributed by atoms with E-state index >= 15 is 0 Å². The van der Waals surface area contributed by atoms with Gasteiger partial charge in [0.25, 0.3) is 0 Å². The summed E-state index contributed by atoms with van der Waals surface area (Å²) in [5.41, 5.74) is 5.07. The lowest BCUT2D eigenvalue weighted by molar-refractivity contribution is -0.143. The average Bonchev–Trinajstić information content (AvgIpc) is 2.21. The molecule has 7 nitrogen and oxygen atoms in total. The van der Waals surface area contributed by atoms with Gasteiger partial charge in [0, 0.05) is 13.0 Å². The van der Waals surface area contributed by atoms with Gasteiger partial charge in [0.1, 0.15) is 6.61 Å². The molecule has 4 N–H and O–H groups in total. The van der Waals surface area contributed by atoms with Crippen molar-refractivity contribution in [3.8, 4) is 0 Å². The molecule has 0 aromatic rings. The van der Waals surface area contributed by atoms with Crippen molar-refractivity contribution in [3.05, 3.63) is 0 Å². The van der Waals surface area contributed by atoms with E-state index in [1.807, 2.05) is 6.92 Å². The first-order valence-corrected chi connectivity index (χ1v) is 5.27. The molecule has 0 aromatic heterocycles. The normalized spacial score (nSPS) is 13.8. The molecule has 0 heterocycles. The maximum Gasteiger partial charge on any atom is 0.305 e. The Morgan fingerprint density at radius 2 is 2.00 bits per heavy atom. The lowest BCUT2D eigenvalue weighted by Gasteiger charge is -2.21. The first kappa shape index (κ1) is 15.4. The molecule has 2 atom stereocenters. The van der Waals surface area contributed by atoms with E-state index in [2.05, 4.69) is 5.32 Å². The van der Waals surface area contributed by atoms with E-state index in [1.54, 1.807) is 0 Å². The molecular weight excluding hydrogens is 228 g/mol. The van der Waals surface area contributed by atoms with Gasteiger partial charge in [-0.2, -0.15) is 0 Å². The monoisotopic (exact) mass is 246 g/mol. The molecule has 0 aliphatic carbocycles. The van der Waals surface area contributed by atoms with Gasteiger partial charge in [-0.15, -0.1) is 0 Å². The Kier molecular flexibility index (Phi) is 6.88. The molecule has 1 amide bonds. The smallest absolute Gasteiger partial charge is 0.305 e. The van der Waals surface area contributed by atoms with Crippen molar-refractivity contribution in [2.24, 2.45) is 5.73 Å². The van der Waals surface area contributed by atoms with Crippen LogP contribution in [-0.2, 0) is 19.1 Å². The number of carbonyl (C=O) groups excluding carboxylic acids is 2. The summed E-state index contributed by atoms with van der Waals surface area (Å²) in [4.78, 5) is 32.2. The molecule has 0 bridgehead atoms. The van der Waals surface area contributed by atoms with Gasteiger partial charge < -0.3 is 15.6 Å². The molecule has 0 rings (SSSR count). The molecule has 0 radical (unpaired) electrons. The summed E-state index contributed by atoms with van der Waals surface area (Å²) in [5, 5.41) is 11.4. The number of hydrogen-bond donors (Lipinski definition) is 3. The highest BCUT2D eigenvalue weighted by Gasteiger charge is 2.22. The maximum atomic E-state index is 11.0. The van der Waals surface area contributed by atoms with Gasteiger partial charge in [0.05, 0.1) is 12.5 Å². The van der Waals surface area contributed by atoms with Gasteiger partial charge in [-0.25, -0.2) is 0 Å². The van der Waals surface area contributed by atoms with Gasteiger partial charge in [-0.3, -0.25) is 19.7 Å². The Bertz CT molecular complexity index is 292. The molecular formula is C10H18N2O5. The Morgan fingerprint density at radius 3 is 2.35 bits per heavy atom. The van der Waals surface area contributed by atoms with Crippen molar-refractivity contribution < 1.29 is 24.2 Å². The summed E-state index contributed by atoms with van der Waals surface area (Å²) in [7, 11) is 0. The summed E-state index contributed by atoms with van der Waals surface area (Å²) >= 11 is 0. The third-order valence-corrected chi connectivity index (χ3v) is 2.14. The Morgan fingerprint density at radius 1 is 1.41 bits per heavy atom. The number of primary amides is 1. The van der Waals surface area contributed by atoms with Crippen LogP contribution in [-0.4, -0.2) is 41.6 Å². The molecule has 98 valence electrons. The minimum Gasteiger partial charge on any atom is -0.481 e. The minimum absolute atomic E-state index is 0.0786. The number of esters is 1. The van der Waals surface area contributed by atoms with Crippen LogP contribution in [0.15, 0.2) is 0 Å². The molecule has 0 aliphatic rings. The van der Waals surface area contributed by atoms with Crippen molar-refractivity contribution >= 4 is 17.8 Å². The fourth-order valence-electron chi connectivity index (χ4n) is 1.20. The van der Waals surface area contributed by atoms with Gasteiger partial charge in [0.15, 0.2) is 0 Å². The van der Waals surface area contributed by atoms with Crippen molar-refractivity contribution in [3.63, 3.8) is 0 Å². The van der Waals surface area contributed by atoms with E-state index < -0.39 is 30.3 Å². The Labute approximate surface area is 99.3 Å². The van der Waals surface area contributed by atoms with Crippen molar-refractivity contribution in [1.82, 2.24) is 5.32 Å². The predicted molar refractivity (Wildman–Crippen MR) is 59.1 cm³/mol. The number of carboxylic acid groups (broad SMARTS) is 1. The van der Waals surface area contributed by atoms with Gasteiger partial charge >= 0.3 is 11.9 Å². The highest BCUT2D eigenvalue weighted by atomic mass is 16.5. The number of carbonyl (C=O) groups is 3. The van der Waals surface area contributed by atoms with Crippen LogP contribution in [0, 0.1) is 0 Å². The summed E-state index contributed by atoms with van der Waals surface area (Å²) in [6.45, 7) is 3.17. The lowest BCUT2D eigenvalue weighted by atomic mass is 10.1. The molecule has 2 unspecified atom stereocenters. The minimum atomic E-state index is -1.12. The van der Waals surface area contributed by atoms with Gasteiger partial charge in [-0.1, -0.05) is 6.92 Å². The van der Waals surface area contributed by atoms with Crippen molar-refractivity contribution in [2.45, 2.75) is 38.8 Å². The van der Waals surface area contributed by atoms with E-state index in [4.69, 9.17) is 15.6 Å². The second-order valence-corrected chi connectivity index (χ2v) is 3.63. The maximum absolute atomic E-state index is 11.0. The number of carboxylic acids is 1. The van der Waals surface area contributed by atoms with E-state index in [0.717, 1.165) is 0 Å². The molecule has 0 aromatic carbocycles. The summed E-state index contributed by atoms with van der Waals surface area (Å²) < 4.78 is 4.78. The quantitative estimate of drug-likeness (QED) is 0.485. The largest absolute Gasteiger partial charge is 0.481 e. The molecule has 0 saturated heterocycles. The number of ether oxygens (including phenoxy) is 1. The van der Waals surface area contributed by atoms with E-state index in [9.17, 15) is 14.4 Å². The molecule has 0 aliphatic heterocycles. The third kappa shape index (κ3) is 7.29. The van der Waals surface area contributed by atoms with Crippen LogP contribution in [0.1, 0.15) is 26.7 Å². The fourth-order valence-corrected chi connectivity index (χ4v) is 1.20. The van der Waals surface area contributed by atoms with Crippen LogP contribution in [0.4, 0.5) is 0 Å². The van der Waals surface area contributed by atoms with Crippen LogP contribution in [0.25, 0.3) is 0 Å². The Hall–Kier alpha value is -1.63. The number of rotatable bonds is 8. The highest BCUT2D eigenvalue weighted by Crippen LogP contribution is 1.99. The SMILES string of the molecule is CCC(COC(C)=O)NC(CC(=O)O)C(N)=O. The third-order valence-electron chi connectivity index (χ3n) is 2.14. The molecule has 7 heteroatoms.